The number of rotatable bonds is 6. The maximum absolute atomic E-state index is 13.4. The molecule has 1 aliphatic carbocycles. The molecule has 1 saturated heterocycles. The number of carbonyl (C=O) groups excluding carboxylic acids is 1. The maximum atomic E-state index is 13.4. The summed E-state index contributed by atoms with van der Waals surface area (Å²) in [7, 11) is 1.64. The number of carbonyl (C=O) groups is 1. The van der Waals surface area contributed by atoms with Crippen LogP contribution in [-0.4, -0.2) is 52.4 Å². The van der Waals surface area contributed by atoms with Crippen molar-refractivity contribution in [3.05, 3.63) is 65.7 Å². The van der Waals surface area contributed by atoms with Crippen LogP contribution in [0.15, 0.2) is 54.6 Å². The molecule has 3 N–H and O–H groups in total. The molecule has 1 aliphatic heterocycles. The number of methoxy groups -OCH3 is 1. The van der Waals surface area contributed by atoms with Crippen molar-refractivity contribution in [3.8, 4) is 5.75 Å². The van der Waals surface area contributed by atoms with Crippen LogP contribution in [0.2, 0.25) is 0 Å². The average molecular weight is 424 g/mol. The normalized spacial score (nSPS) is 27.0. The van der Waals surface area contributed by atoms with Gasteiger partial charge in [0, 0.05) is 13.1 Å². The van der Waals surface area contributed by atoms with Crippen LogP contribution >= 0.6 is 0 Å². The maximum Gasteiger partial charge on any atom is 0.322 e. The van der Waals surface area contributed by atoms with Gasteiger partial charge in [0.25, 0.3) is 0 Å². The van der Waals surface area contributed by atoms with Crippen LogP contribution in [0.3, 0.4) is 0 Å². The zero-order valence-electron chi connectivity index (χ0n) is 18.4. The number of nitrogens with zero attached hydrogens (tertiary/aromatic N) is 2. The monoisotopic (exact) mass is 423 g/mol. The first kappa shape index (κ1) is 21.7. The van der Waals surface area contributed by atoms with E-state index in [1.807, 2.05) is 35.2 Å². The molecule has 166 valence electrons. The van der Waals surface area contributed by atoms with Gasteiger partial charge in [-0.05, 0) is 61.8 Å². The summed E-state index contributed by atoms with van der Waals surface area (Å²) < 4.78 is 5.24. The Morgan fingerprint density at radius 1 is 1.13 bits per heavy atom. The second-order valence-corrected chi connectivity index (χ2v) is 8.95. The Morgan fingerprint density at radius 2 is 1.77 bits per heavy atom. The molecule has 6 nitrogen and oxygen atoms in total. The predicted molar refractivity (Wildman–Crippen MR) is 121 cm³/mol. The van der Waals surface area contributed by atoms with Crippen LogP contribution in [-0.2, 0) is 6.54 Å². The van der Waals surface area contributed by atoms with Crippen molar-refractivity contribution >= 4 is 6.03 Å². The highest BCUT2D eigenvalue weighted by molar-refractivity contribution is 5.79. The summed E-state index contributed by atoms with van der Waals surface area (Å²) in [5, 5.41) is 10.1. The molecule has 2 aliphatic rings. The zero-order chi connectivity index (χ0) is 22.0. The first-order valence-corrected chi connectivity index (χ1v) is 11.1. The largest absolute Gasteiger partial charge is 0.497 e. The van der Waals surface area contributed by atoms with Gasteiger partial charge in [-0.25, -0.2) is 4.79 Å². The van der Waals surface area contributed by atoms with E-state index in [0.717, 1.165) is 37.0 Å². The molecule has 0 radical (unpaired) electrons. The number of aliphatic hydroxyl groups excluding tert-OH is 1. The van der Waals surface area contributed by atoms with Gasteiger partial charge < -0.3 is 25.4 Å². The summed E-state index contributed by atoms with van der Waals surface area (Å²) in [4.78, 5) is 17.1. The third kappa shape index (κ3) is 4.14. The SMILES string of the molecule is COc1ccc(CN2C(=O)N(C[C@H](C)O)C3(CCC(c4ccccc4)CC3)C2N)cc1. The van der Waals surface area contributed by atoms with Crippen LogP contribution in [0.25, 0.3) is 0 Å². The minimum Gasteiger partial charge on any atom is -0.497 e. The Bertz CT molecular complexity index is 877. The zero-order valence-corrected chi connectivity index (χ0v) is 18.4. The summed E-state index contributed by atoms with van der Waals surface area (Å²) in [5.41, 5.74) is 8.72. The molecule has 2 aromatic carbocycles. The third-order valence-electron chi connectivity index (χ3n) is 6.98. The van der Waals surface area contributed by atoms with E-state index < -0.39 is 17.8 Å². The van der Waals surface area contributed by atoms with Crippen molar-refractivity contribution in [1.29, 1.82) is 0 Å². The molecule has 2 amide bonds. The molecular weight excluding hydrogens is 390 g/mol. The number of nitrogens with two attached hydrogens (primary N) is 1. The third-order valence-corrected chi connectivity index (χ3v) is 6.98. The lowest BCUT2D eigenvalue weighted by Gasteiger charge is -2.45. The molecule has 4 rings (SSSR count). The Labute approximate surface area is 184 Å². The first-order valence-electron chi connectivity index (χ1n) is 11.1. The minimum atomic E-state index is -0.596. The van der Waals surface area contributed by atoms with Gasteiger partial charge in [-0.15, -0.1) is 0 Å². The van der Waals surface area contributed by atoms with Crippen molar-refractivity contribution in [1.82, 2.24) is 9.80 Å². The van der Waals surface area contributed by atoms with Gasteiger partial charge >= 0.3 is 6.03 Å². The number of urea groups is 1. The number of ether oxygens (including phenoxy) is 1. The number of amides is 2. The van der Waals surface area contributed by atoms with E-state index in [2.05, 4.69) is 24.3 Å². The second kappa shape index (κ2) is 8.89. The fraction of sp³-hybridized carbons (Fsp3) is 0.480. The van der Waals surface area contributed by atoms with Crippen LogP contribution < -0.4 is 10.5 Å². The lowest BCUT2D eigenvalue weighted by molar-refractivity contribution is 0.0487. The van der Waals surface area contributed by atoms with Gasteiger partial charge in [0.05, 0.1) is 18.8 Å². The number of hydrogen-bond acceptors (Lipinski definition) is 4. The van der Waals surface area contributed by atoms with E-state index in [1.54, 1.807) is 18.9 Å². The Hall–Kier alpha value is -2.57. The van der Waals surface area contributed by atoms with Gasteiger partial charge in [0.2, 0.25) is 0 Å². The molecule has 0 aromatic heterocycles. The van der Waals surface area contributed by atoms with Gasteiger partial charge in [0.15, 0.2) is 0 Å². The smallest absolute Gasteiger partial charge is 0.322 e. The predicted octanol–water partition coefficient (Wildman–Crippen LogP) is 3.70. The Morgan fingerprint density at radius 3 is 2.35 bits per heavy atom. The van der Waals surface area contributed by atoms with Gasteiger partial charge in [-0.2, -0.15) is 0 Å². The van der Waals surface area contributed by atoms with Crippen LogP contribution in [0.1, 0.15) is 49.7 Å². The first-order chi connectivity index (χ1) is 14.9. The second-order valence-electron chi connectivity index (χ2n) is 8.95. The molecule has 6 heteroatoms. The molecule has 1 saturated carbocycles. The topological polar surface area (TPSA) is 79.0 Å². The Balaban J connectivity index is 1.56. The molecule has 1 unspecified atom stereocenters. The fourth-order valence-corrected chi connectivity index (χ4v) is 5.27. The minimum absolute atomic E-state index is 0.0811. The molecular formula is C25H33N3O3. The molecule has 2 atom stereocenters. The highest BCUT2D eigenvalue weighted by Crippen LogP contribution is 2.46. The van der Waals surface area contributed by atoms with E-state index in [1.165, 1.54) is 5.56 Å². The summed E-state index contributed by atoms with van der Waals surface area (Å²) in [6.07, 6.45) is 2.64. The summed E-state index contributed by atoms with van der Waals surface area (Å²) in [6.45, 7) is 2.49. The van der Waals surface area contributed by atoms with Crippen LogP contribution in [0, 0.1) is 0 Å². The quantitative estimate of drug-likeness (QED) is 0.743. The van der Waals surface area contributed by atoms with Gasteiger partial charge in [0.1, 0.15) is 11.9 Å². The van der Waals surface area contributed by atoms with Crippen molar-refractivity contribution < 1.29 is 14.6 Å². The van der Waals surface area contributed by atoms with E-state index in [9.17, 15) is 9.90 Å². The molecule has 1 spiro atoms. The number of hydrogen-bond donors (Lipinski definition) is 2. The van der Waals surface area contributed by atoms with E-state index in [0.29, 0.717) is 19.0 Å². The molecule has 2 fully saturated rings. The highest BCUT2D eigenvalue weighted by Gasteiger charge is 2.56. The standard InChI is InChI=1S/C25H33N3O3/c1-18(29)16-28-24(30)27(17-19-8-10-22(31-2)11-9-19)23(26)25(28)14-12-21(13-15-25)20-6-4-3-5-7-20/h3-11,18,21,23,29H,12-17,26H2,1-2H3/t18-,21?,23?,25?/m0/s1. The lowest BCUT2D eigenvalue weighted by atomic mass is 9.72. The summed E-state index contributed by atoms with van der Waals surface area (Å²) >= 11 is 0. The van der Waals surface area contributed by atoms with Crippen molar-refractivity contribution in [2.24, 2.45) is 5.73 Å². The van der Waals surface area contributed by atoms with Gasteiger partial charge in [-0.1, -0.05) is 42.5 Å². The number of β-amino-alcohol motifs (C(OH)–C–C–N with tert-alkyl or cyclic N) is 1. The summed E-state index contributed by atoms with van der Waals surface area (Å²) in [6, 6.07) is 18.2. The average Bonchev–Trinajstić information content (AvgIpc) is 2.97. The molecule has 1 heterocycles. The Kier molecular flexibility index (Phi) is 6.21. The van der Waals surface area contributed by atoms with E-state index in [-0.39, 0.29) is 6.03 Å². The highest BCUT2D eigenvalue weighted by atomic mass is 16.5. The summed E-state index contributed by atoms with van der Waals surface area (Å²) in [5.74, 6) is 1.27. The lowest BCUT2D eigenvalue weighted by Crippen LogP contribution is -2.58. The molecule has 2 aromatic rings. The van der Waals surface area contributed by atoms with E-state index >= 15 is 0 Å². The van der Waals surface area contributed by atoms with Crippen molar-refractivity contribution in [2.45, 2.75) is 62.9 Å². The molecule has 0 bridgehead atoms. The number of aliphatic hydroxyl groups is 1. The molecule has 31 heavy (non-hydrogen) atoms. The van der Waals surface area contributed by atoms with Crippen molar-refractivity contribution in [3.63, 3.8) is 0 Å². The van der Waals surface area contributed by atoms with Gasteiger partial charge in [-0.3, -0.25) is 0 Å². The fourth-order valence-electron chi connectivity index (χ4n) is 5.27. The van der Waals surface area contributed by atoms with E-state index in [4.69, 9.17) is 10.5 Å². The van der Waals surface area contributed by atoms with Crippen molar-refractivity contribution in [2.75, 3.05) is 13.7 Å². The number of benzene rings is 2. The van der Waals surface area contributed by atoms with Crippen LogP contribution in [0.4, 0.5) is 4.79 Å². The van der Waals surface area contributed by atoms with Crippen LogP contribution in [0.5, 0.6) is 5.75 Å².